The zero-order valence-corrected chi connectivity index (χ0v) is 13.3. The normalized spacial score (nSPS) is 33.0. The standard InChI is InChI=1S/C17H32N2O/c1-13-10-11-16(12-14(13)2)19-17(20)18-15-8-6-4-3-5-7-9-15/h13-16H,3-12H2,1-2H3,(H2,18,19,20). The Balaban J connectivity index is 1.71. The topological polar surface area (TPSA) is 41.1 Å². The van der Waals surface area contributed by atoms with E-state index in [1.54, 1.807) is 0 Å². The lowest BCUT2D eigenvalue weighted by Crippen LogP contribution is -2.48. The molecule has 0 spiro atoms. The Hall–Kier alpha value is -0.730. The molecule has 2 aliphatic carbocycles. The van der Waals surface area contributed by atoms with Gasteiger partial charge >= 0.3 is 6.03 Å². The van der Waals surface area contributed by atoms with Gasteiger partial charge in [-0.2, -0.15) is 0 Å². The first kappa shape index (κ1) is 15.7. The Bertz CT molecular complexity index is 289. The van der Waals surface area contributed by atoms with Crippen LogP contribution in [-0.4, -0.2) is 18.1 Å². The van der Waals surface area contributed by atoms with E-state index in [0.29, 0.717) is 12.1 Å². The molecule has 0 aliphatic heterocycles. The summed E-state index contributed by atoms with van der Waals surface area (Å²) in [5.41, 5.74) is 0. The van der Waals surface area contributed by atoms with E-state index in [1.165, 1.54) is 38.5 Å². The molecule has 2 rings (SSSR count). The van der Waals surface area contributed by atoms with Crippen molar-refractivity contribution in [2.24, 2.45) is 11.8 Å². The molecule has 3 atom stereocenters. The molecule has 0 heterocycles. The van der Waals surface area contributed by atoms with E-state index in [1.807, 2.05) is 0 Å². The minimum absolute atomic E-state index is 0.0716. The third-order valence-electron chi connectivity index (χ3n) is 5.37. The summed E-state index contributed by atoms with van der Waals surface area (Å²) in [4.78, 5) is 12.1. The third kappa shape index (κ3) is 4.99. The third-order valence-corrected chi connectivity index (χ3v) is 5.37. The van der Waals surface area contributed by atoms with Gasteiger partial charge in [-0.25, -0.2) is 4.79 Å². The van der Waals surface area contributed by atoms with Crippen molar-refractivity contribution >= 4 is 6.03 Å². The van der Waals surface area contributed by atoms with Crippen LogP contribution in [-0.2, 0) is 0 Å². The molecule has 0 aromatic carbocycles. The lowest BCUT2D eigenvalue weighted by atomic mass is 9.79. The summed E-state index contributed by atoms with van der Waals surface area (Å²) >= 11 is 0. The number of nitrogens with one attached hydrogen (secondary N) is 2. The van der Waals surface area contributed by atoms with Gasteiger partial charge in [-0.1, -0.05) is 46.0 Å². The van der Waals surface area contributed by atoms with Crippen LogP contribution < -0.4 is 10.6 Å². The van der Waals surface area contributed by atoms with Crippen molar-refractivity contribution < 1.29 is 4.79 Å². The summed E-state index contributed by atoms with van der Waals surface area (Å²) in [6, 6.07) is 0.854. The molecule has 2 aliphatic rings. The molecule has 3 heteroatoms. The number of carbonyl (C=O) groups excluding carboxylic acids is 1. The van der Waals surface area contributed by atoms with Crippen LogP contribution in [0.1, 0.15) is 78.1 Å². The van der Waals surface area contributed by atoms with Gasteiger partial charge in [0.05, 0.1) is 0 Å². The Morgan fingerprint density at radius 1 is 0.750 bits per heavy atom. The van der Waals surface area contributed by atoms with Crippen molar-refractivity contribution in [1.29, 1.82) is 0 Å². The summed E-state index contributed by atoms with van der Waals surface area (Å²) in [6.07, 6.45) is 12.4. The predicted octanol–water partition coefficient (Wildman–Crippen LogP) is 4.22. The maximum Gasteiger partial charge on any atom is 0.315 e. The fourth-order valence-corrected chi connectivity index (χ4v) is 3.69. The van der Waals surface area contributed by atoms with Gasteiger partial charge in [0.2, 0.25) is 0 Å². The van der Waals surface area contributed by atoms with Crippen LogP contribution in [0.15, 0.2) is 0 Å². The maximum atomic E-state index is 12.1. The fourth-order valence-electron chi connectivity index (χ4n) is 3.69. The van der Waals surface area contributed by atoms with E-state index >= 15 is 0 Å². The van der Waals surface area contributed by atoms with Crippen molar-refractivity contribution in [1.82, 2.24) is 10.6 Å². The lowest BCUT2D eigenvalue weighted by molar-refractivity contribution is 0.204. The molecule has 0 saturated heterocycles. The second kappa shape index (κ2) is 7.90. The highest BCUT2D eigenvalue weighted by Crippen LogP contribution is 2.29. The molecule has 2 amide bonds. The Labute approximate surface area is 124 Å². The van der Waals surface area contributed by atoms with E-state index in [0.717, 1.165) is 37.5 Å². The van der Waals surface area contributed by atoms with Gasteiger partial charge in [0, 0.05) is 12.1 Å². The summed E-state index contributed by atoms with van der Waals surface area (Å²) in [7, 11) is 0. The molecule has 2 N–H and O–H groups in total. The number of amides is 2. The van der Waals surface area contributed by atoms with Crippen molar-refractivity contribution in [3.8, 4) is 0 Å². The molecule has 20 heavy (non-hydrogen) atoms. The largest absolute Gasteiger partial charge is 0.335 e. The highest BCUT2D eigenvalue weighted by atomic mass is 16.2. The molecular formula is C17H32N2O. The lowest BCUT2D eigenvalue weighted by Gasteiger charge is -2.33. The first-order valence-electron chi connectivity index (χ1n) is 8.72. The molecule has 3 unspecified atom stereocenters. The smallest absolute Gasteiger partial charge is 0.315 e. The summed E-state index contributed by atoms with van der Waals surface area (Å²) in [5.74, 6) is 1.54. The van der Waals surface area contributed by atoms with Gasteiger partial charge in [0.15, 0.2) is 0 Å². The molecule has 0 radical (unpaired) electrons. The van der Waals surface area contributed by atoms with E-state index < -0.39 is 0 Å². The number of carbonyl (C=O) groups is 1. The van der Waals surface area contributed by atoms with Crippen LogP contribution in [0, 0.1) is 11.8 Å². The quantitative estimate of drug-likeness (QED) is 0.781. The second-order valence-electron chi connectivity index (χ2n) is 7.12. The number of urea groups is 1. The van der Waals surface area contributed by atoms with Crippen LogP contribution in [0.4, 0.5) is 4.79 Å². The molecule has 0 aromatic heterocycles. The molecule has 2 saturated carbocycles. The van der Waals surface area contributed by atoms with Crippen LogP contribution >= 0.6 is 0 Å². The molecule has 116 valence electrons. The SMILES string of the molecule is CC1CCC(NC(=O)NC2CCCCCCC2)CC1C. The van der Waals surface area contributed by atoms with Gasteiger partial charge in [-0.3, -0.25) is 0 Å². The minimum atomic E-state index is 0.0716. The van der Waals surface area contributed by atoms with E-state index in [-0.39, 0.29) is 6.03 Å². The van der Waals surface area contributed by atoms with Crippen molar-refractivity contribution in [3.05, 3.63) is 0 Å². The van der Waals surface area contributed by atoms with Gasteiger partial charge in [0.1, 0.15) is 0 Å². The average molecular weight is 280 g/mol. The fraction of sp³-hybridized carbons (Fsp3) is 0.941. The van der Waals surface area contributed by atoms with Gasteiger partial charge in [0.25, 0.3) is 0 Å². The average Bonchev–Trinajstić information content (AvgIpc) is 2.37. The Morgan fingerprint density at radius 2 is 1.35 bits per heavy atom. The molecular weight excluding hydrogens is 248 g/mol. The first-order valence-corrected chi connectivity index (χ1v) is 8.72. The highest BCUT2D eigenvalue weighted by molar-refractivity contribution is 5.74. The molecule has 0 bridgehead atoms. The van der Waals surface area contributed by atoms with E-state index in [2.05, 4.69) is 24.5 Å². The van der Waals surface area contributed by atoms with Crippen molar-refractivity contribution in [2.75, 3.05) is 0 Å². The first-order chi connectivity index (χ1) is 9.65. The number of hydrogen-bond donors (Lipinski definition) is 2. The van der Waals surface area contributed by atoms with E-state index in [9.17, 15) is 4.79 Å². The number of rotatable bonds is 2. The zero-order valence-electron chi connectivity index (χ0n) is 13.3. The van der Waals surface area contributed by atoms with Crippen LogP contribution in [0.2, 0.25) is 0 Å². The molecule has 3 nitrogen and oxygen atoms in total. The molecule has 0 aromatic rings. The molecule has 2 fully saturated rings. The number of hydrogen-bond acceptors (Lipinski definition) is 1. The van der Waals surface area contributed by atoms with Crippen molar-refractivity contribution in [3.63, 3.8) is 0 Å². The second-order valence-corrected chi connectivity index (χ2v) is 7.12. The van der Waals surface area contributed by atoms with Crippen LogP contribution in [0.3, 0.4) is 0 Å². The van der Waals surface area contributed by atoms with Crippen LogP contribution in [0.25, 0.3) is 0 Å². The predicted molar refractivity (Wildman–Crippen MR) is 83.7 cm³/mol. The van der Waals surface area contributed by atoms with E-state index in [4.69, 9.17) is 0 Å². The zero-order chi connectivity index (χ0) is 14.4. The van der Waals surface area contributed by atoms with Crippen molar-refractivity contribution in [2.45, 2.75) is 90.1 Å². The minimum Gasteiger partial charge on any atom is -0.335 e. The van der Waals surface area contributed by atoms with Crippen LogP contribution in [0.5, 0.6) is 0 Å². The summed E-state index contributed by atoms with van der Waals surface area (Å²) in [5, 5.41) is 6.41. The maximum absolute atomic E-state index is 12.1. The summed E-state index contributed by atoms with van der Waals surface area (Å²) in [6.45, 7) is 4.64. The monoisotopic (exact) mass is 280 g/mol. The Kier molecular flexibility index (Phi) is 6.18. The van der Waals surface area contributed by atoms with Gasteiger partial charge < -0.3 is 10.6 Å². The Morgan fingerprint density at radius 3 is 2.00 bits per heavy atom. The summed E-state index contributed by atoms with van der Waals surface area (Å²) < 4.78 is 0. The van der Waals surface area contributed by atoms with Gasteiger partial charge in [-0.05, 0) is 43.9 Å². The highest BCUT2D eigenvalue weighted by Gasteiger charge is 2.26. The van der Waals surface area contributed by atoms with Gasteiger partial charge in [-0.15, -0.1) is 0 Å².